The van der Waals surface area contributed by atoms with Crippen LogP contribution in [-0.2, 0) is 12.8 Å². The van der Waals surface area contributed by atoms with Gasteiger partial charge in [-0.25, -0.2) is 9.97 Å². The average molecular weight is 324 g/mol. The third kappa shape index (κ3) is 2.43. The Hall–Kier alpha value is -2.47. The van der Waals surface area contributed by atoms with Crippen LogP contribution in [0.4, 0.5) is 5.95 Å². The molecule has 6 nitrogen and oxygen atoms in total. The molecule has 0 saturated carbocycles. The Morgan fingerprint density at radius 1 is 1.25 bits per heavy atom. The van der Waals surface area contributed by atoms with Crippen LogP contribution in [0.15, 0.2) is 24.3 Å². The standard InChI is InChI=1S/C18H20N4O2/c19-17(24)12-6-4-11(5-7-12)16-14-2-1-3-15(14)20-18(21-16)22-9-8-13(22)10-23/h4-7,13,23H,1-3,8-10H2,(H2,19,24)/t13-/m1/s1. The predicted octanol–water partition coefficient (Wildman–Crippen LogP) is 1.30. The molecule has 3 N–H and O–H groups in total. The van der Waals surface area contributed by atoms with Crippen LogP contribution in [0.2, 0.25) is 0 Å². The highest BCUT2D eigenvalue weighted by Gasteiger charge is 2.31. The van der Waals surface area contributed by atoms with Crippen molar-refractivity contribution in [2.75, 3.05) is 18.1 Å². The van der Waals surface area contributed by atoms with Crippen molar-refractivity contribution in [3.8, 4) is 11.3 Å². The maximum Gasteiger partial charge on any atom is 0.248 e. The number of rotatable bonds is 4. The van der Waals surface area contributed by atoms with Gasteiger partial charge in [0.15, 0.2) is 0 Å². The fourth-order valence-electron chi connectivity index (χ4n) is 3.47. The predicted molar refractivity (Wildman–Crippen MR) is 90.8 cm³/mol. The number of carbonyl (C=O) groups excluding carboxylic acids is 1. The number of anilines is 1. The molecule has 1 amide bonds. The van der Waals surface area contributed by atoms with Crippen LogP contribution in [0.3, 0.4) is 0 Å². The molecule has 1 aliphatic carbocycles. The fraction of sp³-hybridized carbons (Fsp3) is 0.389. The van der Waals surface area contributed by atoms with Crippen LogP contribution in [0.25, 0.3) is 11.3 Å². The van der Waals surface area contributed by atoms with Crippen molar-refractivity contribution in [1.29, 1.82) is 0 Å². The number of hydrogen-bond acceptors (Lipinski definition) is 5. The Morgan fingerprint density at radius 2 is 2.04 bits per heavy atom. The van der Waals surface area contributed by atoms with Gasteiger partial charge in [-0.05, 0) is 37.8 Å². The minimum atomic E-state index is -0.429. The highest BCUT2D eigenvalue weighted by Crippen LogP contribution is 2.34. The van der Waals surface area contributed by atoms with Gasteiger partial charge in [-0.3, -0.25) is 4.79 Å². The number of hydrogen-bond donors (Lipinski definition) is 2. The monoisotopic (exact) mass is 324 g/mol. The number of primary amides is 1. The second-order valence-electron chi connectivity index (χ2n) is 6.41. The first kappa shape index (κ1) is 15.1. The maximum atomic E-state index is 11.3. The third-order valence-electron chi connectivity index (χ3n) is 4.98. The molecule has 2 heterocycles. The number of fused-ring (bicyclic) bond motifs is 1. The van der Waals surface area contributed by atoms with Gasteiger partial charge >= 0.3 is 0 Å². The van der Waals surface area contributed by atoms with E-state index in [1.807, 2.05) is 12.1 Å². The van der Waals surface area contributed by atoms with Crippen molar-refractivity contribution in [1.82, 2.24) is 9.97 Å². The zero-order chi connectivity index (χ0) is 16.7. The second kappa shape index (κ2) is 5.87. The average Bonchev–Trinajstić information content (AvgIpc) is 3.02. The summed E-state index contributed by atoms with van der Waals surface area (Å²) in [6, 6.07) is 7.38. The summed E-state index contributed by atoms with van der Waals surface area (Å²) >= 11 is 0. The van der Waals surface area contributed by atoms with Crippen LogP contribution >= 0.6 is 0 Å². The number of aliphatic hydroxyl groups is 1. The molecule has 1 aromatic carbocycles. The molecular formula is C18H20N4O2. The molecule has 1 aliphatic heterocycles. The minimum absolute atomic E-state index is 0.120. The van der Waals surface area contributed by atoms with E-state index < -0.39 is 5.91 Å². The summed E-state index contributed by atoms with van der Waals surface area (Å²) in [6.45, 7) is 1.01. The first-order chi connectivity index (χ1) is 11.7. The molecule has 6 heteroatoms. The van der Waals surface area contributed by atoms with Gasteiger partial charge in [0.05, 0.1) is 18.3 Å². The van der Waals surface area contributed by atoms with E-state index in [1.165, 1.54) is 5.56 Å². The SMILES string of the molecule is NC(=O)c1ccc(-c2nc(N3CC[C@@H]3CO)nc3c2CCC3)cc1. The summed E-state index contributed by atoms with van der Waals surface area (Å²) in [6.07, 6.45) is 4.00. The fourth-order valence-corrected chi connectivity index (χ4v) is 3.47. The van der Waals surface area contributed by atoms with Gasteiger partial charge < -0.3 is 15.7 Å². The van der Waals surface area contributed by atoms with Gasteiger partial charge in [-0.2, -0.15) is 0 Å². The van der Waals surface area contributed by atoms with E-state index in [-0.39, 0.29) is 12.6 Å². The summed E-state index contributed by atoms with van der Waals surface area (Å²) in [5.74, 6) is 0.274. The van der Waals surface area contributed by atoms with Gasteiger partial charge in [-0.1, -0.05) is 12.1 Å². The Bertz CT molecular complexity index is 786. The number of amides is 1. The van der Waals surface area contributed by atoms with Crippen molar-refractivity contribution < 1.29 is 9.90 Å². The van der Waals surface area contributed by atoms with E-state index in [4.69, 9.17) is 15.7 Å². The molecule has 1 atom stereocenters. The lowest BCUT2D eigenvalue weighted by molar-refractivity contribution is 0.100. The van der Waals surface area contributed by atoms with Crippen LogP contribution in [0.1, 0.15) is 34.5 Å². The molecule has 2 aliphatic rings. The van der Waals surface area contributed by atoms with Gasteiger partial charge in [-0.15, -0.1) is 0 Å². The van der Waals surface area contributed by atoms with E-state index in [9.17, 15) is 9.90 Å². The quantitative estimate of drug-likeness (QED) is 0.884. The number of nitrogens with two attached hydrogens (primary N) is 1. The second-order valence-corrected chi connectivity index (χ2v) is 6.41. The third-order valence-corrected chi connectivity index (χ3v) is 4.98. The number of nitrogens with zero attached hydrogens (tertiary/aromatic N) is 3. The lowest BCUT2D eigenvalue weighted by Crippen LogP contribution is -2.51. The summed E-state index contributed by atoms with van der Waals surface area (Å²) in [5, 5.41) is 9.44. The minimum Gasteiger partial charge on any atom is -0.394 e. The largest absolute Gasteiger partial charge is 0.394 e. The zero-order valence-electron chi connectivity index (χ0n) is 13.4. The Morgan fingerprint density at radius 3 is 2.67 bits per heavy atom. The molecule has 0 unspecified atom stereocenters. The summed E-state index contributed by atoms with van der Waals surface area (Å²) < 4.78 is 0. The molecule has 0 spiro atoms. The number of aryl methyl sites for hydroxylation is 1. The van der Waals surface area contributed by atoms with Gasteiger partial charge in [0.1, 0.15) is 0 Å². The lowest BCUT2D eigenvalue weighted by Gasteiger charge is -2.40. The molecule has 4 rings (SSSR count). The highest BCUT2D eigenvalue weighted by atomic mass is 16.3. The first-order valence-electron chi connectivity index (χ1n) is 8.35. The summed E-state index contributed by atoms with van der Waals surface area (Å²) in [7, 11) is 0. The molecule has 1 aromatic heterocycles. The van der Waals surface area contributed by atoms with Crippen LogP contribution in [0.5, 0.6) is 0 Å². The van der Waals surface area contributed by atoms with Crippen molar-refractivity contribution >= 4 is 11.9 Å². The van der Waals surface area contributed by atoms with E-state index in [1.54, 1.807) is 12.1 Å². The molecule has 24 heavy (non-hydrogen) atoms. The topological polar surface area (TPSA) is 92.3 Å². The van der Waals surface area contributed by atoms with Gasteiger partial charge in [0.25, 0.3) is 0 Å². The highest BCUT2D eigenvalue weighted by molar-refractivity contribution is 5.93. The van der Waals surface area contributed by atoms with E-state index in [0.29, 0.717) is 11.5 Å². The molecule has 0 bridgehead atoms. The molecule has 2 aromatic rings. The van der Waals surface area contributed by atoms with E-state index in [0.717, 1.165) is 49.2 Å². The van der Waals surface area contributed by atoms with Crippen molar-refractivity contribution in [2.45, 2.75) is 31.7 Å². The molecule has 1 fully saturated rings. The van der Waals surface area contributed by atoms with E-state index in [2.05, 4.69) is 4.90 Å². The Kier molecular flexibility index (Phi) is 3.69. The molecule has 124 valence electrons. The van der Waals surface area contributed by atoms with Gasteiger partial charge in [0.2, 0.25) is 11.9 Å². The number of carbonyl (C=O) groups is 1. The molecular weight excluding hydrogens is 304 g/mol. The van der Waals surface area contributed by atoms with Crippen molar-refractivity contribution in [3.05, 3.63) is 41.1 Å². The van der Waals surface area contributed by atoms with Crippen LogP contribution < -0.4 is 10.6 Å². The van der Waals surface area contributed by atoms with Crippen LogP contribution in [-0.4, -0.2) is 40.2 Å². The van der Waals surface area contributed by atoms with E-state index >= 15 is 0 Å². The number of aromatic nitrogens is 2. The number of aliphatic hydroxyl groups excluding tert-OH is 1. The molecule has 0 radical (unpaired) electrons. The van der Waals surface area contributed by atoms with Gasteiger partial charge in [0, 0.05) is 28.9 Å². The smallest absolute Gasteiger partial charge is 0.248 e. The Balaban J connectivity index is 1.76. The maximum absolute atomic E-state index is 11.3. The number of benzene rings is 1. The van der Waals surface area contributed by atoms with Crippen molar-refractivity contribution in [3.63, 3.8) is 0 Å². The normalized spacial score (nSPS) is 19.0. The zero-order valence-corrected chi connectivity index (χ0v) is 13.4. The first-order valence-corrected chi connectivity index (χ1v) is 8.35. The molecule has 1 saturated heterocycles. The van der Waals surface area contributed by atoms with Crippen molar-refractivity contribution in [2.24, 2.45) is 5.73 Å². The summed E-state index contributed by atoms with van der Waals surface area (Å²) in [4.78, 5) is 22.9. The summed E-state index contributed by atoms with van der Waals surface area (Å²) in [5.41, 5.74) is 10.0. The lowest BCUT2D eigenvalue weighted by atomic mass is 10.0. The van der Waals surface area contributed by atoms with Crippen LogP contribution in [0, 0.1) is 0 Å². The Labute approximate surface area is 140 Å².